The molecule has 2 N–H and O–H groups in total. The Kier molecular flexibility index (Phi) is 7.46. The fourth-order valence-corrected chi connectivity index (χ4v) is 3.11. The van der Waals surface area contributed by atoms with Gasteiger partial charge >= 0.3 is 5.97 Å². The molecule has 0 spiro atoms. The predicted octanol–water partition coefficient (Wildman–Crippen LogP) is 5.31. The standard InChI is InChI=1S/C24H23ClN2O3/c1-2-30-23(28)14-17-8-11-20(12-9-17)27-24(29)21-15-19(25)10-13-22(21)26-16-18-6-4-3-5-7-18/h3-13,15,26H,2,14,16H2,1H3,(H,27,29). The molecule has 154 valence electrons. The quantitative estimate of drug-likeness (QED) is 0.483. The number of rotatable bonds is 8. The summed E-state index contributed by atoms with van der Waals surface area (Å²) in [5, 5.41) is 6.65. The van der Waals surface area contributed by atoms with Gasteiger partial charge in [0.2, 0.25) is 0 Å². The summed E-state index contributed by atoms with van der Waals surface area (Å²) in [7, 11) is 0. The van der Waals surface area contributed by atoms with E-state index in [1.54, 1.807) is 49.4 Å². The Labute approximate surface area is 181 Å². The lowest BCUT2D eigenvalue weighted by Crippen LogP contribution is -2.15. The van der Waals surface area contributed by atoms with E-state index in [0.717, 1.165) is 11.1 Å². The van der Waals surface area contributed by atoms with Crippen LogP contribution in [0, 0.1) is 0 Å². The molecule has 3 rings (SSSR count). The molecular formula is C24H23ClN2O3. The van der Waals surface area contributed by atoms with Gasteiger partial charge in [-0.1, -0.05) is 54.1 Å². The largest absolute Gasteiger partial charge is 0.466 e. The lowest BCUT2D eigenvalue weighted by atomic mass is 10.1. The number of ether oxygens (including phenoxy) is 1. The highest BCUT2D eigenvalue weighted by atomic mass is 35.5. The SMILES string of the molecule is CCOC(=O)Cc1ccc(NC(=O)c2cc(Cl)ccc2NCc2ccccc2)cc1. The maximum Gasteiger partial charge on any atom is 0.310 e. The molecule has 0 heterocycles. The molecule has 3 aromatic carbocycles. The molecule has 0 saturated heterocycles. The van der Waals surface area contributed by atoms with Crippen LogP contribution in [0.1, 0.15) is 28.4 Å². The van der Waals surface area contributed by atoms with Crippen molar-refractivity contribution in [1.29, 1.82) is 0 Å². The fraction of sp³-hybridized carbons (Fsp3) is 0.167. The van der Waals surface area contributed by atoms with Gasteiger partial charge in [-0.3, -0.25) is 9.59 Å². The van der Waals surface area contributed by atoms with Crippen molar-refractivity contribution >= 4 is 34.9 Å². The van der Waals surface area contributed by atoms with Gasteiger partial charge in [-0.05, 0) is 48.4 Å². The Morgan fingerprint density at radius 2 is 1.67 bits per heavy atom. The molecule has 0 aliphatic carbocycles. The molecule has 0 bridgehead atoms. The van der Waals surface area contributed by atoms with Gasteiger partial charge in [-0.15, -0.1) is 0 Å². The third kappa shape index (κ3) is 6.09. The van der Waals surface area contributed by atoms with E-state index in [4.69, 9.17) is 16.3 Å². The Bertz CT molecular complexity index is 1000. The van der Waals surface area contributed by atoms with Gasteiger partial charge in [0.05, 0.1) is 18.6 Å². The summed E-state index contributed by atoms with van der Waals surface area (Å²) in [6.07, 6.45) is 0.198. The summed E-state index contributed by atoms with van der Waals surface area (Å²) < 4.78 is 4.95. The minimum absolute atomic E-state index is 0.198. The minimum atomic E-state index is -0.276. The van der Waals surface area contributed by atoms with Crippen molar-refractivity contribution < 1.29 is 14.3 Å². The van der Waals surface area contributed by atoms with Crippen molar-refractivity contribution in [2.45, 2.75) is 19.9 Å². The monoisotopic (exact) mass is 422 g/mol. The molecule has 0 aliphatic heterocycles. The molecule has 30 heavy (non-hydrogen) atoms. The van der Waals surface area contributed by atoms with Gasteiger partial charge in [0.15, 0.2) is 0 Å². The second-order valence-electron chi connectivity index (χ2n) is 6.66. The van der Waals surface area contributed by atoms with Crippen LogP contribution in [-0.4, -0.2) is 18.5 Å². The van der Waals surface area contributed by atoms with Crippen molar-refractivity contribution in [2.75, 3.05) is 17.2 Å². The van der Waals surface area contributed by atoms with Crippen molar-refractivity contribution in [3.05, 3.63) is 94.5 Å². The van der Waals surface area contributed by atoms with E-state index < -0.39 is 0 Å². The molecule has 5 nitrogen and oxygen atoms in total. The summed E-state index contributed by atoms with van der Waals surface area (Å²) in [6, 6.07) is 22.2. The molecule has 0 unspecified atom stereocenters. The van der Waals surface area contributed by atoms with Gasteiger partial charge in [-0.2, -0.15) is 0 Å². The first-order valence-corrected chi connectivity index (χ1v) is 10.1. The maximum atomic E-state index is 12.9. The van der Waals surface area contributed by atoms with E-state index in [1.165, 1.54) is 0 Å². The van der Waals surface area contributed by atoms with E-state index in [2.05, 4.69) is 10.6 Å². The van der Waals surface area contributed by atoms with Crippen LogP contribution in [0.3, 0.4) is 0 Å². The van der Waals surface area contributed by atoms with Crippen LogP contribution in [0.2, 0.25) is 5.02 Å². The first-order valence-electron chi connectivity index (χ1n) is 9.68. The number of nitrogens with one attached hydrogen (secondary N) is 2. The molecule has 0 radical (unpaired) electrons. The number of hydrogen-bond donors (Lipinski definition) is 2. The fourth-order valence-electron chi connectivity index (χ4n) is 2.93. The summed E-state index contributed by atoms with van der Waals surface area (Å²) >= 11 is 6.12. The van der Waals surface area contributed by atoms with Gasteiger partial charge in [-0.25, -0.2) is 0 Å². The van der Waals surface area contributed by atoms with Crippen molar-refractivity contribution in [3.63, 3.8) is 0 Å². The zero-order valence-electron chi connectivity index (χ0n) is 16.7. The second kappa shape index (κ2) is 10.5. The van der Waals surface area contributed by atoms with E-state index in [0.29, 0.717) is 35.1 Å². The van der Waals surface area contributed by atoms with Crippen molar-refractivity contribution in [2.24, 2.45) is 0 Å². The van der Waals surface area contributed by atoms with Crippen molar-refractivity contribution in [3.8, 4) is 0 Å². The Balaban J connectivity index is 1.68. The van der Waals surface area contributed by atoms with E-state index in [-0.39, 0.29) is 18.3 Å². The zero-order chi connectivity index (χ0) is 21.3. The van der Waals surface area contributed by atoms with Crippen LogP contribution in [0.5, 0.6) is 0 Å². The van der Waals surface area contributed by atoms with E-state index in [9.17, 15) is 9.59 Å². The van der Waals surface area contributed by atoms with Crippen molar-refractivity contribution in [1.82, 2.24) is 0 Å². The van der Waals surface area contributed by atoms with Crippen LogP contribution >= 0.6 is 11.6 Å². The number of carbonyl (C=O) groups excluding carboxylic acids is 2. The zero-order valence-corrected chi connectivity index (χ0v) is 17.4. The third-order valence-corrected chi connectivity index (χ3v) is 4.65. The number of anilines is 2. The summed E-state index contributed by atoms with van der Waals surface area (Å²) in [6.45, 7) is 2.72. The molecule has 6 heteroatoms. The van der Waals surface area contributed by atoms with Crippen LogP contribution < -0.4 is 10.6 Å². The number of hydrogen-bond acceptors (Lipinski definition) is 4. The van der Waals surface area contributed by atoms with Gasteiger partial charge in [0.25, 0.3) is 5.91 Å². The average molecular weight is 423 g/mol. The highest BCUT2D eigenvalue weighted by molar-refractivity contribution is 6.31. The number of benzene rings is 3. The maximum absolute atomic E-state index is 12.9. The molecule has 0 saturated carbocycles. The van der Waals surface area contributed by atoms with Gasteiger partial charge in [0, 0.05) is 22.9 Å². The molecule has 3 aromatic rings. The number of carbonyl (C=O) groups is 2. The molecule has 0 atom stereocenters. The Morgan fingerprint density at radius 3 is 2.37 bits per heavy atom. The lowest BCUT2D eigenvalue weighted by molar-refractivity contribution is -0.142. The van der Waals surface area contributed by atoms with E-state index in [1.807, 2.05) is 30.3 Å². The van der Waals surface area contributed by atoms with Gasteiger partial charge < -0.3 is 15.4 Å². The highest BCUT2D eigenvalue weighted by Gasteiger charge is 2.13. The predicted molar refractivity (Wildman–Crippen MR) is 120 cm³/mol. The Morgan fingerprint density at radius 1 is 0.933 bits per heavy atom. The average Bonchev–Trinajstić information content (AvgIpc) is 2.75. The van der Waals surface area contributed by atoms with Crippen LogP contribution in [-0.2, 0) is 22.5 Å². The second-order valence-corrected chi connectivity index (χ2v) is 7.10. The first-order chi connectivity index (χ1) is 14.5. The van der Waals surface area contributed by atoms with Gasteiger partial charge in [0.1, 0.15) is 0 Å². The van der Waals surface area contributed by atoms with Crippen LogP contribution in [0.4, 0.5) is 11.4 Å². The molecule has 0 aliphatic rings. The minimum Gasteiger partial charge on any atom is -0.466 e. The first kappa shape index (κ1) is 21.4. The summed E-state index contributed by atoms with van der Waals surface area (Å²) in [5.41, 5.74) is 3.70. The topological polar surface area (TPSA) is 67.4 Å². The normalized spacial score (nSPS) is 10.3. The molecular weight excluding hydrogens is 400 g/mol. The summed E-state index contributed by atoms with van der Waals surface area (Å²) in [4.78, 5) is 24.4. The van der Waals surface area contributed by atoms with Crippen LogP contribution in [0.15, 0.2) is 72.8 Å². The van der Waals surface area contributed by atoms with Crippen LogP contribution in [0.25, 0.3) is 0 Å². The molecule has 1 amide bonds. The Hall–Kier alpha value is -3.31. The number of halogens is 1. The number of esters is 1. The summed E-state index contributed by atoms with van der Waals surface area (Å²) in [5.74, 6) is -0.548. The smallest absolute Gasteiger partial charge is 0.310 e. The third-order valence-electron chi connectivity index (χ3n) is 4.42. The number of amides is 1. The highest BCUT2D eigenvalue weighted by Crippen LogP contribution is 2.23. The van der Waals surface area contributed by atoms with E-state index >= 15 is 0 Å². The molecule has 0 aromatic heterocycles. The lowest BCUT2D eigenvalue weighted by Gasteiger charge is -2.13. The molecule has 0 fully saturated rings.